The molecule has 0 saturated heterocycles. The summed E-state index contributed by atoms with van der Waals surface area (Å²) in [6.07, 6.45) is 0. The molecule has 1 aromatic rings. The zero-order chi connectivity index (χ0) is 7.68. The number of thioether (sulfide) groups is 1. The van der Waals surface area contributed by atoms with Gasteiger partial charge >= 0.3 is 0 Å². The zero-order valence-electron chi connectivity index (χ0n) is 6.07. The quantitative estimate of drug-likeness (QED) is 0.662. The average Bonchev–Trinajstić information content (AvgIpc) is 2.55. The molecule has 0 aromatic carbocycles. The van der Waals surface area contributed by atoms with Gasteiger partial charge in [0.05, 0.1) is 0 Å². The van der Waals surface area contributed by atoms with Gasteiger partial charge in [-0.05, 0) is 18.5 Å². The maximum absolute atomic E-state index is 4.28. The molecule has 0 spiro atoms. The van der Waals surface area contributed by atoms with Crippen molar-refractivity contribution in [2.45, 2.75) is 6.92 Å². The molecule has 0 aliphatic carbocycles. The van der Waals surface area contributed by atoms with E-state index in [-0.39, 0.29) is 0 Å². The molecular formula is C6H7N3S2. The third-order valence-electron chi connectivity index (χ3n) is 1.30. The number of hydrogen-bond donors (Lipinski definition) is 0. The molecule has 2 rings (SSSR count). The molecule has 1 aliphatic heterocycles. The lowest BCUT2D eigenvalue weighted by molar-refractivity contribution is 1.16. The molecule has 1 aliphatic rings. The van der Waals surface area contributed by atoms with Crippen molar-refractivity contribution < 1.29 is 0 Å². The van der Waals surface area contributed by atoms with Crippen molar-refractivity contribution in [2.75, 3.05) is 12.3 Å². The number of aromatic nitrogens is 2. The molecule has 5 heteroatoms. The first-order valence-electron chi connectivity index (χ1n) is 3.34. The maximum Gasteiger partial charge on any atom is 0.197 e. The standard InChI is InChI=1S/C6H7N3S2/c1-4-8-5(9-11-4)6-7-2-3-10-6/h2-3H2,1H3. The summed E-state index contributed by atoms with van der Waals surface area (Å²) in [5.74, 6) is 1.89. The molecule has 0 fully saturated rings. The van der Waals surface area contributed by atoms with Crippen molar-refractivity contribution in [3.8, 4) is 0 Å². The largest absolute Gasteiger partial charge is 0.274 e. The van der Waals surface area contributed by atoms with Crippen molar-refractivity contribution in [3.05, 3.63) is 10.8 Å². The van der Waals surface area contributed by atoms with Crippen molar-refractivity contribution in [1.29, 1.82) is 0 Å². The van der Waals surface area contributed by atoms with Crippen LogP contribution < -0.4 is 0 Å². The van der Waals surface area contributed by atoms with E-state index < -0.39 is 0 Å². The normalized spacial score (nSPS) is 17.0. The van der Waals surface area contributed by atoms with Crippen molar-refractivity contribution >= 4 is 28.3 Å². The van der Waals surface area contributed by atoms with Crippen LogP contribution in [0.2, 0.25) is 0 Å². The Morgan fingerprint density at radius 2 is 2.36 bits per heavy atom. The van der Waals surface area contributed by atoms with E-state index in [9.17, 15) is 0 Å². The maximum atomic E-state index is 4.28. The number of hydrogen-bond acceptors (Lipinski definition) is 5. The predicted octanol–water partition coefficient (Wildman–Crippen LogP) is 1.34. The Kier molecular flexibility index (Phi) is 1.91. The van der Waals surface area contributed by atoms with E-state index >= 15 is 0 Å². The number of rotatable bonds is 1. The smallest absolute Gasteiger partial charge is 0.197 e. The highest BCUT2D eigenvalue weighted by molar-refractivity contribution is 8.14. The van der Waals surface area contributed by atoms with E-state index in [1.165, 1.54) is 11.5 Å². The fraction of sp³-hybridized carbons (Fsp3) is 0.500. The van der Waals surface area contributed by atoms with E-state index in [4.69, 9.17) is 0 Å². The number of aryl methyl sites for hydroxylation is 1. The molecule has 3 nitrogen and oxygen atoms in total. The number of aliphatic imine (C=N–C) groups is 1. The predicted molar refractivity (Wildman–Crippen MR) is 48.5 cm³/mol. The van der Waals surface area contributed by atoms with Gasteiger partial charge in [0.1, 0.15) is 10.1 Å². The summed E-state index contributed by atoms with van der Waals surface area (Å²) in [7, 11) is 0. The van der Waals surface area contributed by atoms with Gasteiger partial charge in [0.2, 0.25) is 0 Å². The van der Waals surface area contributed by atoms with Crippen molar-refractivity contribution in [2.24, 2.45) is 4.99 Å². The van der Waals surface area contributed by atoms with Gasteiger partial charge in [-0.2, -0.15) is 4.37 Å². The second-order valence-electron chi connectivity index (χ2n) is 2.17. The lowest BCUT2D eigenvalue weighted by Crippen LogP contribution is -1.93. The van der Waals surface area contributed by atoms with E-state index in [0.29, 0.717) is 0 Å². The fourth-order valence-corrected chi connectivity index (χ4v) is 2.17. The minimum atomic E-state index is 0.815. The molecule has 0 bridgehead atoms. The molecule has 0 saturated carbocycles. The van der Waals surface area contributed by atoms with Gasteiger partial charge in [0.15, 0.2) is 5.82 Å². The van der Waals surface area contributed by atoms with Gasteiger partial charge in [-0.3, -0.25) is 4.99 Å². The minimum Gasteiger partial charge on any atom is -0.274 e. The van der Waals surface area contributed by atoms with Crippen LogP contribution in [0, 0.1) is 6.92 Å². The van der Waals surface area contributed by atoms with Crippen LogP contribution >= 0.6 is 23.3 Å². The zero-order valence-corrected chi connectivity index (χ0v) is 7.71. The van der Waals surface area contributed by atoms with Gasteiger partial charge in [-0.1, -0.05) is 0 Å². The van der Waals surface area contributed by atoms with E-state index in [1.807, 2.05) is 6.92 Å². The Morgan fingerprint density at radius 1 is 1.45 bits per heavy atom. The minimum absolute atomic E-state index is 0.815. The second kappa shape index (κ2) is 2.91. The summed E-state index contributed by atoms with van der Waals surface area (Å²) >= 11 is 3.18. The molecule has 0 atom stereocenters. The van der Waals surface area contributed by atoms with E-state index in [2.05, 4.69) is 14.3 Å². The van der Waals surface area contributed by atoms with Crippen LogP contribution in [0.15, 0.2) is 4.99 Å². The first-order chi connectivity index (χ1) is 5.36. The summed E-state index contributed by atoms with van der Waals surface area (Å²) in [4.78, 5) is 8.53. The summed E-state index contributed by atoms with van der Waals surface area (Å²) < 4.78 is 4.18. The first kappa shape index (κ1) is 7.24. The highest BCUT2D eigenvalue weighted by atomic mass is 32.2. The first-order valence-corrected chi connectivity index (χ1v) is 5.10. The highest BCUT2D eigenvalue weighted by Crippen LogP contribution is 2.17. The Hall–Kier alpha value is -0.420. The van der Waals surface area contributed by atoms with Crippen LogP contribution in [-0.4, -0.2) is 26.7 Å². The SMILES string of the molecule is Cc1nc(C2=NCCS2)ns1. The Labute approximate surface area is 73.1 Å². The molecule has 11 heavy (non-hydrogen) atoms. The summed E-state index contributed by atoms with van der Waals surface area (Å²) in [6.45, 7) is 2.87. The topological polar surface area (TPSA) is 38.1 Å². The van der Waals surface area contributed by atoms with E-state index in [1.54, 1.807) is 11.8 Å². The lowest BCUT2D eigenvalue weighted by Gasteiger charge is -1.87. The molecule has 0 radical (unpaired) electrons. The number of nitrogens with zero attached hydrogens (tertiary/aromatic N) is 3. The molecule has 0 N–H and O–H groups in total. The lowest BCUT2D eigenvalue weighted by atomic mass is 10.6. The van der Waals surface area contributed by atoms with E-state index in [0.717, 1.165) is 28.2 Å². The fourth-order valence-electron chi connectivity index (χ4n) is 0.857. The molecule has 58 valence electrons. The second-order valence-corrected chi connectivity index (χ2v) is 4.21. The summed E-state index contributed by atoms with van der Waals surface area (Å²) in [5, 5.41) is 2.02. The summed E-state index contributed by atoms with van der Waals surface area (Å²) in [6, 6.07) is 0. The molecule has 0 amide bonds. The Bertz CT molecular complexity index is 292. The Morgan fingerprint density at radius 3 is 2.91 bits per heavy atom. The Balaban J connectivity index is 2.28. The monoisotopic (exact) mass is 185 g/mol. The van der Waals surface area contributed by atoms with Crippen LogP contribution in [0.3, 0.4) is 0 Å². The highest BCUT2D eigenvalue weighted by Gasteiger charge is 2.13. The van der Waals surface area contributed by atoms with Gasteiger partial charge in [0.25, 0.3) is 0 Å². The van der Waals surface area contributed by atoms with Gasteiger partial charge in [-0.25, -0.2) is 4.98 Å². The van der Waals surface area contributed by atoms with Crippen molar-refractivity contribution in [3.63, 3.8) is 0 Å². The molecular weight excluding hydrogens is 178 g/mol. The third-order valence-corrected chi connectivity index (χ3v) is 2.90. The average molecular weight is 185 g/mol. The van der Waals surface area contributed by atoms with Gasteiger partial charge in [0, 0.05) is 12.3 Å². The molecule has 0 unspecified atom stereocenters. The van der Waals surface area contributed by atoms with Crippen LogP contribution in [-0.2, 0) is 0 Å². The van der Waals surface area contributed by atoms with Crippen LogP contribution in [0.5, 0.6) is 0 Å². The summed E-state index contributed by atoms with van der Waals surface area (Å²) in [5.41, 5.74) is 0. The third kappa shape index (κ3) is 1.44. The van der Waals surface area contributed by atoms with Gasteiger partial charge in [-0.15, -0.1) is 11.8 Å². The van der Waals surface area contributed by atoms with Gasteiger partial charge < -0.3 is 0 Å². The van der Waals surface area contributed by atoms with Crippen LogP contribution in [0.25, 0.3) is 0 Å². The van der Waals surface area contributed by atoms with Crippen molar-refractivity contribution in [1.82, 2.24) is 9.36 Å². The van der Waals surface area contributed by atoms with Crippen LogP contribution in [0.4, 0.5) is 0 Å². The molecule has 1 aromatic heterocycles. The van der Waals surface area contributed by atoms with Crippen LogP contribution in [0.1, 0.15) is 10.8 Å². The molecule has 2 heterocycles.